The molecule has 2 aromatic carbocycles. The number of nitrogens with one attached hydrogen (secondary N) is 1. The number of halogens is 1. The van der Waals surface area contributed by atoms with Gasteiger partial charge >= 0.3 is 23.8 Å². The molecule has 0 radical (unpaired) electrons. The van der Waals surface area contributed by atoms with Gasteiger partial charge in [-0.05, 0) is 79.9 Å². The Labute approximate surface area is 270 Å². The van der Waals surface area contributed by atoms with E-state index in [1.165, 1.54) is 20.8 Å². The first-order valence-corrected chi connectivity index (χ1v) is 15.2. The fraction of sp³-hybridized carbons (Fsp3) is 0.419. The lowest BCUT2D eigenvalue weighted by Crippen LogP contribution is -2.60. The van der Waals surface area contributed by atoms with Gasteiger partial charge in [-0.2, -0.15) is 9.94 Å². The second-order valence-corrected chi connectivity index (χ2v) is 12.6. The highest BCUT2D eigenvalue weighted by Crippen LogP contribution is 2.30. The molecule has 1 aromatic heterocycles. The van der Waals surface area contributed by atoms with Gasteiger partial charge in [-0.3, -0.25) is 9.59 Å². The minimum atomic E-state index is -1.09. The van der Waals surface area contributed by atoms with Crippen LogP contribution in [0.3, 0.4) is 0 Å². The molecule has 4 amide bonds. The molecule has 0 spiro atoms. The quantitative estimate of drug-likeness (QED) is 0.299. The van der Waals surface area contributed by atoms with Crippen LogP contribution in [0.5, 0.6) is 0 Å². The van der Waals surface area contributed by atoms with Gasteiger partial charge in [0.25, 0.3) is 0 Å². The molecule has 0 aliphatic carbocycles. The van der Waals surface area contributed by atoms with Crippen LogP contribution < -0.4 is 10.2 Å². The van der Waals surface area contributed by atoms with E-state index >= 15 is 0 Å². The van der Waals surface area contributed by atoms with Gasteiger partial charge in [0.05, 0.1) is 17.4 Å². The maximum absolute atomic E-state index is 13.6. The van der Waals surface area contributed by atoms with E-state index < -0.39 is 29.4 Å². The minimum absolute atomic E-state index is 0.0297. The summed E-state index contributed by atoms with van der Waals surface area (Å²) >= 11 is 6.25. The monoisotopic (exact) mass is 647 g/mol. The minimum Gasteiger partial charge on any atom is -0.458 e. The average molecular weight is 648 g/mol. The SMILES string of the molecule is CC(C)(C)OC(=O)[C@H](Cc1ccc(NC(=O)N2CCC(C#N)CC2)cc1)N1CCN(c2cc(Cl)ccc2-n2cnnn2)C(=O)C1=O. The Bertz CT molecular complexity index is 1640. The summed E-state index contributed by atoms with van der Waals surface area (Å²) in [5, 5.41) is 23.5. The molecular weight excluding hydrogens is 614 g/mol. The van der Waals surface area contributed by atoms with E-state index in [2.05, 4.69) is 26.9 Å². The number of hydrogen-bond acceptors (Lipinski definition) is 9. The van der Waals surface area contributed by atoms with E-state index in [-0.39, 0.29) is 31.5 Å². The van der Waals surface area contributed by atoms with Crippen molar-refractivity contribution in [2.24, 2.45) is 5.92 Å². The van der Waals surface area contributed by atoms with Crippen LogP contribution in [-0.2, 0) is 25.5 Å². The Morgan fingerprint density at radius 2 is 1.76 bits per heavy atom. The summed E-state index contributed by atoms with van der Waals surface area (Å²) in [6.07, 6.45) is 2.73. The number of nitrogens with zero attached hydrogens (tertiary/aromatic N) is 8. The number of nitriles is 1. The van der Waals surface area contributed by atoms with E-state index in [1.54, 1.807) is 68.1 Å². The van der Waals surface area contributed by atoms with Gasteiger partial charge in [-0.25, -0.2) is 9.59 Å². The van der Waals surface area contributed by atoms with Crippen LogP contribution in [0.15, 0.2) is 48.8 Å². The number of piperazine rings is 1. The molecule has 1 N–H and O–H groups in total. The second-order valence-electron chi connectivity index (χ2n) is 12.1. The largest absolute Gasteiger partial charge is 0.458 e. The molecule has 14 nitrogen and oxygen atoms in total. The van der Waals surface area contributed by atoms with Gasteiger partial charge < -0.3 is 24.8 Å². The van der Waals surface area contributed by atoms with Crippen LogP contribution in [0.25, 0.3) is 5.69 Å². The highest BCUT2D eigenvalue weighted by molar-refractivity contribution is 6.41. The number of amides is 4. The van der Waals surface area contributed by atoms with Crippen molar-refractivity contribution in [1.29, 1.82) is 5.26 Å². The fourth-order valence-electron chi connectivity index (χ4n) is 5.41. The lowest BCUT2D eigenvalue weighted by molar-refractivity contribution is -0.166. The standard InChI is InChI=1S/C31H34ClN9O5/c1-31(2,3)46-29(44)26(16-20-4-7-23(8-5-20)35-30(45)38-12-10-21(18-33)11-13-38)40-15-14-39(27(42)28(40)43)25-17-22(32)6-9-24(25)41-19-34-36-37-41/h4-9,17,19,21,26H,10-16H2,1-3H3,(H,35,45)/t26-/m0/s1. The number of aromatic nitrogens is 4. The summed E-state index contributed by atoms with van der Waals surface area (Å²) in [6, 6.07) is 12.7. The van der Waals surface area contributed by atoms with Crippen molar-refractivity contribution in [2.45, 2.75) is 51.7 Å². The van der Waals surface area contributed by atoms with Gasteiger partial charge in [0.2, 0.25) is 0 Å². The molecule has 2 aliphatic rings. The van der Waals surface area contributed by atoms with Crippen molar-refractivity contribution in [1.82, 2.24) is 30.0 Å². The third-order valence-electron chi connectivity index (χ3n) is 7.73. The number of tetrazole rings is 1. The maximum atomic E-state index is 13.6. The summed E-state index contributed by atoms with van der Waals surface area (Å²) in [4.78, 5) is 57.6. The molecule has 2 saturated heterocycles. The number of esters is 1. The third kappa shape index (κ3) is 7.43. The van der Waals surface area contributed by atoms with Gasteiger partial charge in [0, 0.05) is 49.2 Å². The molecule has 2 aliphatic heterocycles. The molecule has 0 saturated carbocycles. The summed E-state index contributed by atoms with van der Waals surface area (Å²) in [6.45, 7) is 6.33. The van der Waals surface area contributed by atoms with Gasteiger partial charge in [0.1, 0.15) is 18.0 Å². The highest BCUT2D eigenvalue weighted by atomic mass is 35.5. The lowest BCUT2D eigenvalue weighted by Gasteiger charge is -2.38. The number of carbonyl (C=O) groups is 4. The zero-order valence-corrected chi connectivity index (χ0v) is 26.5. The number of piperidine rings is 1. The molecule has 0 unspecified atom stereocenters. The fourth-order valence-corrected chi connectivity index (χ4v) is 5.57. The van der Waals surface area contributed by atoms with E-state index in [4.69, 9.17) is 21.6 Å². The predicted molar refractivity (Wildman–Crippen MR) is 167 cm³/mol. The Balaban J connectivity index is 1.32. The Hall–Kier alpha value is -5.03. The number of hydrogen-bond donors (Lipinski definition) is 1. The van der Waals surface area contributed by atoms with Crippen molar-refractivity contribution < 1.29 is 23.9 Å². The summed E-state index contributed by atoms with van der Waals surface area (Å²) < 4.78 is 7.04. The van der Waals surface area contributed by atoms with E-state index in [9.17, 15) is 19.2 Å². The molecule has 46 heavy (non-hydrogen) atoms. The van der Waals surface area contributed by atoms with Gasteiger partial charge in [-0.15, -0.1) is 5.10 Å². The predicted octanol–water partition coefficient (Wildman–Crippen LogP) is 3.21. The summed E-state index contributed by atoms with van der Waals surface area (Å²) in [7, 11) is 0. The van der Waals surface area contributed by atoms with Crippen LogP contribution in [0.1, 0.15) is 39.2 Å². The van der Waals surface area contributed by atoms with E-state index in [0.29, 0.717) is 53.6 Å². The van der Waals surface area contributed by atoms with Crippen molar-refractivity contribution in [3.63, 3.8) is 0 Å². The topological polar surface area (TPSA) is 167 Å². The zero-order chi connectivity index (χ0) is 33.0. The number of rotatable bonds is 7. The summed E-state index contributed by atoms with van der Waals surface area (Å²) in [5.74, 6) is -2.38. The third-order valence-corrected chi connectivity index (χ3v) is 7.97. The molecule has 3 aromatic rings. The van der Waals surface area contributed by atoms with Crippen LogP contribution in [0, 0.1) is 17.2 Å². The highest BCUT2D eigenvalue weighted by Gasteiger charge is 2.42. The average Bonchev–Trinajstić information content (AvgIpc) is 3.56. The maximum Gasteiger partial charge on any atom is 0.329 e. The molecule has 1 atom stereocenters. The van der Waals surface area contributed by atoms with Crippen molar-refractivity contribution >= 4 is 46.8 Å². The molecule has 5 rings (SSSR count). The molecule has 0 bridgehead atoms. The second kappa shape index (κ2) is 13.5. The van der Waals surface area contributed by atoms with Gasteiger partial charge in [-0.1, -0.05) is 23.7 Å². The number of ether oxygens (including phenoxy) is 1. The number of anilines is 2. The lowest BCUT2D eigenvalue weighted by atomic mass is 9.99. The first-order chi connectivity index (χ1) is 21.9. The van der Waals surface area contributed by atoms with Crippen molar-refractivity contribution in [3.05, 3.63) is 59.4 Å². The zero-order valence-electron chi connectivity index (χ0n) is 25.7. The van der Waals surface area contributed by atoms with Crippen molar-refractivity contribution in [3.8, 4) is 11.8 Å². The molecule has 15 heteroatoms. The smallest absolute Gasteiger partial charge is 0.329 e. The molecule has 3 heterocycles. The molecular formula is C31H34ClN9O5. The Morgan fingerprint density at radius 1 is 1.04 bits per heavy atom. The van der Waals surface area contributed by atoms with Crippen LogP contribution in [0.4, 0.5) is 16.2 Å². The first kappa shape index (κ1) is 32.4. The first-order valence-electron chi connectivity index (χ1n) is 14.9. The normalized spacial score (nSPS) is 16.6. The Kier molecular flexibility index (Phi) is 9.52. The summed E-state index contributed by atoms with van der Waals surface area (Å²) in [5.41, 5.74) is 1.22. The van der Waals surface area contributed by atoms with Crippen molar-refractivity contribution in [2.75, 3.05) is 36.4 Å². The van der Waals surface area contributed by atoms with Crippen LogP contribution >= 0.6 is 11.6 Å². The molecule has 240 valence electrons. The van der Waals surface area contributed by atoms with Gasteiger partial charge in [0.15, 0.2) is 0 Å². The number of carbonyl (C=O) groups excluding carboxylic acids is 4. The van der Waals surface area contributed by atoms with Crippen LogP contribution in [-0.4, -0.2) is 91.6 Å². The number of benzene rings is 2. The van der Waals surface area contributed by atoms with E-state index in [0.717, 1.165) is 0 Å². The Morgan fingerprint density at radius 3 is 2.39 bits per heavy atom. The number of urea groups is 1. The number of likely N-dealkylation sites (tertiary alicyclic amines) is 1. The van der Waals surface area contributed by atoms with Crippen LogP contribution in [0.2, 0.25) is 5.02 Å². The molecule has 2 fully saturated rings. The van der Waals surface area contributed by atoms with E-state index in [1.807, 2.05) is 0 Å².